The Morgan fingerprint density at radius 3 is 2.58 bits per heavy atom. The standard InChI is InChI=1S/C18H24N3O4Si/c1-4-5-11-21(15(22)10-12-26(2,3)18(19)24)17(23)16-20-13-8-6-7-9-14(13)25-16/h6-10H,4-5,11-12H2,1-3H3,(H2,19,24). The molecule has 3 amide bonds. The van der Waals surface area contributed by atoms with E-state index in [9.17, 15) is 14.4 Å². The van der Waals surface area contributed by atoms with Gasteiger partial charge < -0.3 is 10.2 Å². The van der Waals surface area contributed by atoms with Crippen molar-refractivity contribution in [1.82, 2.24) is 9.88 Å². The number of amides is 3. The molecule has 139 valence electrons. The largest absolute Gasteiger partial charge is 0.432 e. The first-order valence-corrected chi connectivity index (χ1v) is 11.8. The van der Waals surface area contributed by atoms with Gasteiger partial charge in [0, 0.05) is 13.0 Å². The van der Waals surface area contributed by atoms with Gasteiger partial charge in [-0.15, -0.1) is 0 Å². The number of imide groups is 1. The van der Waals surface area contributed by atoms with Gasteiger partial charge in [-0.25, -0.2) is 4.98 Å². The van der Waals surface area contributed by atoms with Crippen LogP contribution in [0.3, 0.4) is 0 Å². The summed E-state index contributed by atoms with van der Waals surface area (Å²) in [6, 6.07) is 7.31. The first-order valence-electron chi connectivity index (χ1n) is 8.60. The highest BCUT2D eigenvalue weighted by atomic mass is 28.3. The molecular formula is C18H24N3O4Si. The van der Waals surface area contributed by atoms with Crippen LogP contribution >= 0.6 is 0 Å². The lowest BCUT2D eigenvalue weighted by Crippen LogP contribution is -2.44. The maximum absolute atomic E-state index is 12.8. The molecule has 0 atom stereocenters. The molecule has 0 bridgehead atoms. The minimum absolute atomic E-state index is 0.115. The van der Waals surface area contributed by atoms with Gasteiger partial charge in [0.1, 0.15) is 5.52 Å². The second-order valence-corrected chi connectivity index (χ2v) is 11.5. The Balaban J connectivity index is 2.18. The topological polar surface area (TPSA) is 106 Å². The Kier molecular flexibility index (Phi) is 6.31. The molecule has 0 saturated carbocycles. The number of carbonyl (C=O) groups is 3. The molecule has 7 nitrogen and oxygen atoms in total. The monoisotopic (exact) mass is 374 g/mol. The van der Waals surface area contributed by atoms with Crippen molar-refractivity contribution in [3.63, 3.8) is 0 Å². The number of nitrogens with two attached hydrogens (primary N) is 1. The number of nitrogens with zero attached hydrogens (tertiary/aromatic N) is 2. The fourth-order valence-electron chi connectivity index (χ4n) is 2.26. The van der Waals surface area contributed by atoms with E-state index in [0.29, 0.717) is 17.5 Å². The van der Waals surface area contributed by atoms with Crippen molar-refractivity contribution in [3.05, 3.63) is 36.6 Å². The molecule has 0 fully saturated rings. The van der Waals surface area contributed by atoms with Crippen LogP contribution in [0, 0.1) is 6.42 Å². The van der Waals surface area contributed by atoms with Gasteiger partial charge in [0.15, 0.2) is 19.2 Å². The second kappa shape index (κ2) is 8.26. The molecule has 0 spiro atoms. The first kappa shape index (κ1) is 19.8. The number of benzene rings is 1. The van der Waals surface area contributed by atoms with E-state index >= 15 is 0 Å². The van der Waals surface area contributed by atoms with Crippen molar-refractivity contribution in [2.45, 2.75) is 38.9 Å². The van der Waals surface area contributed by atoms with Crippen molar-refractivity contribution in [2.24, 2.45) is 5.73 Å². The number of oxazole rings is 1. The van der Waals surface area contributed by atoms with Crippen LogP contribution in [0.15, 0.2) is 28.7 Å². The van der Waals surface area contributed by atoms with Crippen LogP contribution in [0.2, 0.25) is 19.1 Å². The lowest BCUT2D eigenvalue weighted by Gasteiger charge is -2.21. The predicted molar refractivity (Wildman–Crippen MR) is 101 cm³/mol. The maximum atomic E-state index is 12.8. The third-order valence-corrected chi connectivity index (χ3v) is 6.74. The van der Waals surface area contributed by atoms with Crippen LogP contribution in [-0.2, 0) is 4.79 Å². The summed E-state index contributed by atoms with van der Waals surface area (Å²) in [6.07, 6.45) is 2.88. The molecule has 2 aromatic rings. The van der Waals surface area contributed by atoms with E-state index in [4.69, 9.17) is 10.2 Å². The summed E-state index contributed by atoms with van der Waals surface area (Å²) in [4.78, 5) is 42.1. The number of para-hydroxylation sites is 2. The van der Waals surface area contributed by atoms with E-state index in [1.54, 1.807) is 37.4 Å². The third kappa shape index (κ3) is 4.57. The van der Waals surface area contributed by atoms with Crippen LogP contribution in [0.1, 0.15) is 30.5 Å². The molecule has 1 aromatic carbocycles. The van der Waals surface area contributed by atoms with Gasteiger partial charge in [-0.3, -0.25) is 19.3 Å². The van der Waals surface area contributed by atoms with Gasteiger partial charge in [-0.1, -0.05) is 38.6 Å². The highest BCUT2D eigenvalue weighted by Gasteiger charge is 2.32. The average Bonchev–Trinajstić information content (AvgIpc) is 3.04. The van der Waals surface area contributed by atoms with Crippen LogP contribution in [0.4, 0.5) is 4.79 Å². The highest BCUT2D eigenvalue weighted by molar-refractivity contribution is 7.04. The molecule has 0 aliphatic heterocycles. The summed E-state index contributed by atoms with van der Waals surface area (Å²) in [5.41, 5.74) is 6.07. The van der Waals surface area contributed by atoms with Crippen molar-refractivity contribution >= 4 is 36.5 Å². The summed E-state index contributed by atoms with van der Waals surface area (Å²) in [5.74, 6) is -1.14. The SMILES string of the molecule is CCCCN(C(=O)[CH]C[Si](C)(C)C(N)=O)C(=O)c1nc2ccccc2o1. The zero-order valence-corrected chi connectivity index (χ0v) is 16.3. The molecule has 1 aromatic heterocycles. The van der Waals surface area contributed by atoms with Gasteiger partial charge >= 0.3 is 5.91 Å². The Bertz CT molecular complexity index is 783. The molecule has 0 unspecified atom stereocenters. The maximum Gasteiger partial charge on any atom is 0.316 e. The van der Waals surface area contributed by atoms with Gasteiger partial charge in [0.25, 0.3) is 5.89 Å². The molecule has 2 rings (SSSR count). The Morgan fingerprint density at radius 1 is 1.27 bits per heavy atom. The molecular weight excluding hydrogens is 350 g/mol. The molecule has 2 N–H and O–H groups in total. The third-order valence-electron chi connectivity index (χ3n) is 4.18. The molecule has 1 radical (unpaired) electrons. The van der Waals surface area contributed by atoms with Gasteiger partial charge in [-0.2, -0.15) is 0 Å². The van der Waals surface area contributed by atoms with E-state index in [1.807, 2.05) is 6.92 Å². The van der Waals surface area contributed by atoms with Gasteiger partial charge in [0.2, 0.25) is 5.91 Å². The number of fused-ring (bicyclic) bond motifs is 1. The van der Waals surface area contributed by atoms with Crippen LogP contribution in [0.5, 0.6) is 0 Å². The normalized spacial score (nSPS) is 11.5. The van der Waals surface area contributed by atoms with Crippen LogP contribution in [0.25, 0.3) is 11.1 Å². The van der Waals surface area contributed by atoms with Crippen LogP contribution in [-0.4, -0.2) is 41.8 Å². The number of aromatic nitrogens is 1. The van der Waals surface area contributed by atoms with Crippen molar-refractivity contribution in [2.75, 3.05) is 6.54 Å². The zero-order valence-electron chi connectivity index (χ0n) is 15.3. The molecule has 8 heteroatoms. The minimum Gasteiger partial charge on any atom is -0.432 e. The molecule has 0 saturated heterocycles. The Labute approximate surface area is 153 Å². The minimum atomic E-state index is -2.38. The van der Waals surface area contributed by atoms with E-state index in [-0.39, 0.29) is 24.0 Å². The highest BCUT2D eigenvalue weighted by Crippen LogP contribution is 2.18. The summed E-state index contributed by atoms with van der Waals surface area (Å²) in [6.45, 7) is 5.82. The van der Waals surface area contributed by atoms with Gasteiger partial charge in [0.05, 0.1) is 0 Å². The van der Waals surface area contributed by atoms with E-state index in [1.165, 1.54) is 6.42 Å². The van der Waals surface area contributed by atoms with Gasteiger partial charge in [-0.05, 0) is 24.6 Å². The zero-order chi connectivity index (χ0) is 19.3. The van der Waals surface area contributed by atoms with E-state index < -0.39 is 19.9 Å². The molecule has 1 heterocycles. The van der Waals surface area contributed by atoms with E-state index in [2.05, 4.69) is 4.98 Å². The molecule has 26 heavy (non-hydrogen) atoms. The number of unbranched alkanes of at least 4 members (excludes halogenated alkanes) is 1. The lowest BCUT2D eigenvalue weighted by molar-refractivity contribution is -0.125. The lowest BCUT2D eigenvalue weighted by atomic mass is 10.3. The summed E-state index contributed by atoms with van der Waals surface area (Å²) >= 11 is 0. The molecule has 0 aliphatic carbocycles. The quantitative estimate of drug-likeness (QED) is 0.714. The summed E-state index contributed by atoms with van der Waals surface area (Å²) in [7, 11) is -2.38. The fraction of sp³-hybridized carbons (Fsp3) is 0.389. The Morgan fingerprint density at radius 2 is 1.96 bits per heavy atom. The number of carbonyl (C=O) groups excluding carboxylic acids is 3. The number of hydrogen-bond acceptors (Lipinski definition) is 5. The fourth-order valence-corrected chi connectivity index (χ4v) is 3.15. The number of rotatable bonds is 8. The number of hydrogen-bond donors (Lipinski definition) is 1. The van der Waals surface area contributed by atoms with Crippen molar-refractivity contribution in [3.8, 4) is 0 Å². The average molecular weight is 374 g/mol. The second-order valence-electron chi connectivity index (χ2n) is 6.79. The summed E-state index contributed by atoms with van der Waals surface area (Å²) in [5, 5.41) is 0. The number of primary amides is 1. The first-order chi connectivity index (χ1) is 12.3. The Hall–Kier alpha value is -2.48. The van der Waals surface area contributed by atoms with E-state index in [0.717, 1.165) is 11.3 Å². The summed E-state index contributed by atoms with van der Waals surface area (Å²) < 4.78 is 5.49. The predicted octanol–water partition coefficient (Wildman–Crippen LogP) is 3.17. The molecule has 0 aliphatic rings. The smallest absolute Gasteiger partial charge is 0.316 e. The van der Waals surface area contributed by atoms with Crippen LogP contribution < -0.4 is 5.73 Å². The van der Waals surface area contributed by atoms with Crippen molar-refractivity contribution < 1.29 is 18.8 Å². The van der Waals surface area contributed by atoms with Crippen molar-refractivity contribution in [1.29, 1.82) is 0 Å².